The van der Waals surface area contributed by atoms with Crippen LogP contribution in [0.4, 0.5) is 18.9 Å². The Hall–Kier alpha value is -1.84. The standard InChI is InChI=1S/C9H7BrF3N3O3/c10-7-3(9(11,12)13)1-4(14)6(16-7)8(19)15-2-5(17)18/h1H,2,14H2,(H,15,19)(H,17,18). The van der Waals surface area contributed by atoms with E-state index in [0.29, 0.717) is 6.07 Å². The van der Waals surface area contributed by atoms with Gasteiger partial charge >= 0.3 is 12.1 Å². The minimum Gasteiger partial charge on any atom is -0.480 e. The minimum absolute atomic E-state index is 0.485. The quantitative estimate of drug-likeness (QED) is 0.718. The Balaban J connectivity index is 3.09. The Kier molecular flexibility index (Phi) is 4.35. The highest BCUT2D eigenvalue weighted by Crippen LogP contribution is 2.35. The van der Waals surface area contributed by atoms with E-state index >= 15 is 0 Å². The monoisotopic (exact) mass is 341 g/mol. The Morgan fingerprint density at radius 2 is 2.05 bits per heavy atom. The van der Waals surface area contributed by atoms with Crippen molar-refractivity contribution in [2.24, 2.45) is 0 Å². The number of rotatable bonds is 3. The van der Waals surface area contributed by atoms with Crippen molar-refractivity contribution in [3.8, 4) is 0 Å². The maximum absolute atomic E-state index is 12.5. The van der Waals surface area contributed by atoms with E-state index in [1.165, 1.54) is 0 Å². The lowest BCUT2D eigenvalue weighted by Gasteiger charge is -2.12. The number of hydrogen-bond acceptors (Lipinski definition) is 4. The molecule has 0 aliphatic carbocycles. The van der Waals surface area contributed by atoms with E-state index < -0.39 is 46.1 Å². The van der Waals surface area contributed by atoms with E-state index in [1.807, 2.05) is 5.32 Å². The fourth-order valence-electron chi connectivity index (χ4n) is 1.13. The van der Waals surface area contributed by atoms with Crippen LogP contribution in [0.1, 0.15) is 16.1 Å². The summed E-state index contributed by atoms with van der Waals surface area (Å²) in [5.74, 6) is -2.28. The maximum Gasteiger partial charge on any atom is 0.419 e. The molecule has 0 saturated heterocycles. The number of anilines is 1. The van der Waals surface area contributed by atoms with Gasteiger partial charge in [0.25, 0.3) is 5.91 Å². The first-order valence-electron chi connectivity index (χ1n) is 4.66. The Morgan fingerprint density at radius 3 is 2.53 bits per heavy atom. The van der Waals surface area contributed by atoms with Gasteiger partial charge in [0, 0.05) is 0 Å². The summed E-state index contributed by atoms with van der Waals surface area (Å²) < 4.78 is 36.9. The lowest BCUT2D eigenvalue weighted by atomic mass is 10.2. The van der Waals surface area contributed by atoms with E-state index in [4.69, 9.17) is 10.8 Å². The van der Waals surface area contributed by atoms with Gasteiger partial charge in [-0.25, -0.2) is 4.98 Å². The highest BCUT2D eigenvalue weighted by Gasteiger charge is 2.35. The fourth-order valence-corrected chi connectivity index (χ4v) is 1.64. The Morgan fingerprint density at radius 1 is 1.47 bits per heavy atom. The van der Waals surface area contributed by atoms with E-state index in [2.05, 4.69) is 20.9 Å². The number of alkyl halides is 3. The number of nitrogens with two attached hydrogens (primary N) is 1. The second kappa shape index (κ2) is 5.43. The molecule has 0 aliphatic rings. The number of hydrogen-bond donors (Lipinski definition) is 3. The molecule has 1 heterocycles. The van der Waals surface area contributed by atoms with Crippen LogP contribution in [0.25, 0.3) is 0 Å². The zero-order valence-corrected chi connectivity index (χ0v) is 10.7. The Bertz CT molecular complexity index is 533. The molecule has 0 atom stereocenters. The molecule has 0 saturated carbocycles. The summed E-state index contributed by atoms with van der Waals surface area (Å²) in [5, 5.41) is 10.3. The molecule has 0 aliphatic heterocycles. The number of nitrogens with one attached hydrogen (secondary N) is 1. The number of pyridine rings is 1. The molecule has 0 spiro atoms. The number of nitrogens with zero attached hydrogens (tertiary/aromatic N) is 1. The molecule has 1 aromatic heterocycles. The third kappa shape index (κ3) is 3.81. The first kappa shape index (κ1) is 15.2. The van der Waals surface area contributed by atoms with Crippen molar-refractivity contribution in [3.63, 3.8) is 0 Å². The highest BCUT2D eigenvalue weighted by atomic mass is 79.9. The fraction of sp³-hybridized carbons (Fsp3) is 0.222. The number of carbonyl (C=O) groups excluding carboxylic acids is 1. The van der Waals surface area contributed by atoms with Gasteiger partial charge in [-0.15, -0.1) is 0 Å². The number of nitrogen functional groups attached to an aromatic ring is 1. The first-order chi connectivity index (χ1) is 8.62. The molecule has 1 rings (SSSR count). The SMILES string of the molecule is Nc1cc(C(F)(F)F)c(Br)nc1C(=O)NCC(=O)O. The highest BCUT2D eigenvalue weighted by molar-refractivity contribution is 9.10. The molecule has 0 fully saturated rings. The zero-order valence-electron chi connectivity index (χ0n) is 9.08. The van der Waals surface area contributed by atoms with Crippen LogP contribution in [0.15, 0.2) is 10.7 Å². The lowest BCUT2D eigenvalue weighted by Crippen LogP contribution is -2.30. The van der Waals surface area contributed by atoms with Gasteiger partial charge in [0.1, 0.15) is 11.1 Å². The summed E-state index contributed by atoms with van der Waals surface area (Å²) >= 11 is 2.58. The molecule has 6 nitrogen and oxygen atoms in total. The van der Waals surface area contributed by atoms with Crippen molar-refractivity contribution in [1.82, 2.24) is 10.3 Å². The van der Waals surface area contributed by atoms with Crippen LogP contribution >= 0.6 is 15.9 Å². The van der Waals surface area contributed by atoms with Crippen LogP contribution in [-0.4, -0.2) is 28.5 Å². The van der Waals surface area contributed by atoms with Gasteiger partial charge in [0.2, 0.25) is 0 Å². The van der Waals surface area contributed by atoms with Crippen molar-refractivity contribution in [2.45, 2.75) is 6.18 Å². The molecule has 4 N–H and O–H groups in total. The van der Waals surface area contributed by atoms with Crippen LogP contribution in [0.2, 0.25) is 0 Å². The first-order valence-corrected chi connectivity index (χ1v) is 5.45. The zero-order chi connectivity index (χ0) is 14.8. The average molecular weight is 342 g/mol. The van der Waals surface area contributed by atoms with Gasteiger partial charge in [-0.3, -0.25) is 9.59 Å². The predicted octanol–water partition coefficient (Wildman–Crippen LogP) is 1.26. The summed E-state index contributed by atoms with van der Waals surface area (Å²) in [6.45, 7) is -0.696. The molecule has 104 valence electrons. The van der Waals surface area contributed by atoms with Gasteiger partial charge in [-0.05, 0) is 22.0 Å². The van der Waals surface area contributed by atoms with Crippen molar-refractivity contribution in [1.29, 1.82) is 0 Å². The Labute approximate surface area is 112 Å². The van der Waals surface area contributed by atoms with E-state index in [1.54, 1.807) is 0 Å². The summed E-state index contributed by atoms with van der Waals surface area (Å²) in [5.41, 5.74) is 3.19. The molecule has 0 radical (unpaired) electrons. The number of amides is 1. The van der Waals surface area contributed by atoms with Crippen molar-refractivity contribution in [3.05, 3.63) is 21.9 Å². The van der Waals surface area contributed by atoms with Gasteiger partial charge in [0.05, 0.1) is 11.3 Å². The molecular weight excluding hydrogens is 335 g/mol. The molecule has 1 amide bonds. The third-order valence-electron chi connectivity index (χ3n) is 1.93. The lowest BCUT2D eigenvalue weighted by molar-refractivity contribution is -0.138. The van der Waals surface area contributed by atoms with E-state index in [0.717, 1.165) is 0 Å². The second-order valence-corrected chi connectivity index (χ2v) is 4.09. The topological polar surface area (TPSA) is 105 Å². The average Bonchev–Trinajstić information content (AvgIpc) is 2.27. The van der Waals surface area contributed by atoms with Crippen LogP contribution in [-0.2, 0) is 11.0 Å². The predicted molar refractivity (Wildman–Crippen MR) is 61.3 cm³/mol. The van der Waals surface area contributed by atoms with Gasteiger partial charge < -0.3 is 16.2 Å². The number of carbonyl (C=O) groups is 2. The molecule has 0 bridgehead atoms. The molecule has 19 heavy (non-hydrogen) atoms. The van der Waals surface area contributed by atoms with Crippen LogP contribution in [0.5, 0.6) is 0 Å². The van der Waals surface area contributed by atoms with Crippen molar-refractivity contribution in [2.75, 3.05) is 12.3 Å². The minimum atomic E-state index is -4.67. The number of carboxylic acid groups (broad SMARTS) is 1. The third-order valence-corrected chi connectivity index (χ3v) is 2.53. The van der Waals surface area contributed by atoms with Crippen molar-refractivity contribution < 1.29 is 27.9 Å². The number of aliphatic carboxylic acids is 1. The molecule has 1 aromatic rings. The molecule has 0 unspecified atom stereocenters. The molecular formula is C9H7BrF3N3O3. The molecule has 0 aromatic carbocycles. The van der Waals surface area contributed by atoms with Crippen LogP contribution < -0.4 is 11.1 Å². The number of carboxylic acids is 1. The van der Waals surface area contributed by atoms with E-state index in [-0.39, 0.29) is 0 Å². The van der Waals surface area contributed by atoms with E-state index in [9.17, 15) is 22.8 Å². The summed E-state index contributed by atoms with van der Waals surface area (Å²) in [7, 11) is 0. The van der Waals surface area contributed by atoms with Crippen LogP contribution in [0.3, 0.4) is 0 Å². The van der Waals surface area contributed by atoms with Crippen LogP contribution in [0, 0.1) is 0 Å². The molecule has 10 heteroatoms. The smallest absolute Gasteiger partial charge is 0.419 e. The van der Waals surface area contributed by atoms with Gasteiger partial charge in [-0.1, -0.05) is 0 Å². The summed E-state index contributed by atoms with van der Waals surface area (Å²) in [4.78, 5) is 25.1. The van der Waals surface area contributed by atoms with Gasteiger partial charge in [-0.2, -0.15) is 13.2 Å². The van der Waals surface area contributed by atoms with Gasteiger partial charge in [0.15, 0.2) is 5.69 Å². The largest absolute Gasteiger partial charge is 0.480 e. The summed E-state index contributed by atoms with van der Waals surface area (Å²) in [6, 6.07) is 0.548. The number of halogens is 4. The maximum atomic E-state index is 12.5. The second-order valence-electron chi connectivity index (χ2n) is 3.34. The van der Waals surface area contributed by atoms with Crippen molar-refractivity contribution >= 4 is 33.5 Å². The number of aromatic nitrogens is 1. The normalized spacial score (nSPS) is 11.2. The summed E-state index contributed by atoms with van der Waals surface area (Å²) in [6.07, 6.45) is -4.67.